The molecule has 6 heteroatoms. The van der Waals surface area contributed by atoms with Gasteiger partial charge in [-0.05, 0) is 54.7 Å². The quantitative estimate of drug-likeness (QED) is 0.365. The maximum absolute atomic E-state index is 13.6. The molecule has 0 spiro atoms. The molecule has 0 radical (unpaired) electrons. The highest BCUT2D eigenvalue weighted by atomic mass is 35.5. The third kappa shape index (κ3) is 4.97. The van der Waals surface area contributed by atoms with Gasteiger partial charge in [-0.2, -0.15) is 0 Å². The second kappa shape index (κ2) is 10.3. The summed E-state index contributed by atoms with van der Waals surface area (Å²) in [6.45, 7) is 5.72. The van der Waals surface area contributed by atoms with Gasteiger partial charge in [-0.3, -0.25) is 4.79 Å². The molecule has 1 heterocycles. The summed E-state index contributed by atoms with van der Waals surface area (Å²) in [6, 6.07) is 14.1. The zero-order chi connectivity index (χ0) is 22.5. The number of hydrogen-bond donors (Lipinski definition) is 0. The summed E-state index contributed by atoms with van der Waals surface area (Å²) >= 11 is 12.4. The van der Waals surface area contributed by atoms with Gasteiger partial charge in [0.15, 0.2) is 0 Å². The zero-order valence-corrected chi connectivity index (χ0v) is 19.3. The Hall–Kier alpha value is -2.30. The largest absolute Gasteiger partial charge is 0.467 e. The summed E-state index contributed by atoms with van der Waals surface area (Å²) in [7, 11) is 1.35. The van der Waals surface area contributed by atoms with Crippen LogP contribution in [-0.2, 0) is 14.3 Å². The SMILES string of the molecule is C=CC[C@@H]1C[C@H](c2cccc(Cl)c2)[C@@H](c2ccc(Cl)cc2)N(C(CC)C(=O)OC)C1=O. The van der Waals surface area contributed by atoms with E-state index in [1.807, 2.05) is 55.5 Å². The number of rotatable bonds is 7. The van der Waals surface area contributed by atoms with Crippen molar-refractivity contribution in [2.75, 3.05) is 7.11 Å². The molecule has 1 unspecified atom stereocenters. The molecular formula is C25H27Cl2NO3. The van der Waals surface area contributed by atoms with E-state index in [0.29, 0.717) is 29.3 Å². The van der Waals surface area contributed by atoms with Gasteiger partial charge in [-0.15, -0.1) is 6.58 Å². The van der Waals surface area contributed by atoms with Crippen LogP contribution in [0.4, 0.5) is 0 Å². The van der Waals surface area contributed by atoms with Crippen molar-refractivity contribution in [3.63, 3.8) is 0 Å². The molecule has 4 nitrogen and oxygen atoms in total. The Morgan fingerprint density at radius 2 is 1.90 bits per heavy atom. The maximum atomic E-state index is 13.6. The van der Waals surface area contributed by atoms with E-state index in [1.165, 1.54) is 7.11 Å². The molecule has 0 bridgehead atoms. The molecule has 1 fully saturated rings. The third-order valence-electron chi connectivity index (χ3n) is 5.96. The van der Waals surface area contributed by atoms with Crippen LogP contribution in [0.25, 0.3) is 0 Å². The zero-order valence-electron chi connectivity index (χ0n) is 17.8. The van der Waals surface area contributed by atoms with E-state index in [1.54, 1.807) is 11.0 Å². The summed E-state index contributed by atoms with van der Waals surface area (Å²) in [5, 5.41) is 1.25. The molecule has 0 aromatic heterocycles. The lowest BCUT2D eigenvalue weighted by molar-refractivity contribution is -0.160. The summed E-state index contributed by atoms with van der Waals surface area (Å²) in [5.74, 6) is -0.806. The highest BCUT2D eigenvalue weighted by Gasteiger charge is 2.47. The van der Waals surface area contributed by atoms with Crippen molar-refractivity contribution in [2.45, 2.75) is 44.2 Å². The van der Waals surface area contributed by atoms with E-state index in [4.69, 9.17) is 27.9 Å². The van der Waals surface area contributed by atoms with E-state index >= 15 is 0 Å². The van der Waals surface area contributed by atoms with Gasteiger partial charge in [0.25, 0.3) is 0 Å². The van der Waals surface area contributed by atoms with Crippen molar-refractivity contribution >= 4 is 35.1 Å². The first-order valence-electron chi connectivity index (χ1n) is 10.4. The molecule has 2 aromatic carbocycles. The summed E-state index contributed by atoms with van der Waals surface area (Å²) in [6.07, 6.45) is 3.38. The topological polar surface area (TPSA) is 46.6 Å². The predicted molar refractivity (Wildman–Crippen MR) is 124 cm³/mol. The Balaban J connectivity index is 2.20. The lowest BCUT2D eigenvalue weighted by Gasteiger charge is -2.47. The van der Waals surface area contributed by atoms with Crippen LogP contribution in [0.2, 0.25) is 10.0 Å². The predicted octanol–water partition coefficient (Wildman–Crippen LogP) is 6.19. The molecule has 1 saturated heterocycles. The van der Waals surface area contributed by atoms with Crippen LogP contribution in [-0.4, -0.2) is 29.9 Å². The van der Waals surface area contributed by atoms with Crippen molar-refractivity contribution in [1.82, 2.24) is 4.90 Å². The van der Waals surface area contributed by atoms with Crippen molar-refractivity contribution in [1.29, 1.82) is 0 Å². The minimum atomic E-state index is -0.688. The summed E-state index contributed by atoms with van der Waals surface area (Å²) < 4.78 is 5.07. The molecule has 2 aromatic rings. The fourth-order valence-electron chi connectivity index (χ4n) is 4.55. The summed E-state index contributed by atoms with van der Waals surface area (Å²) in [4.78, 5) is 28.1. The van der Waals surface area contributed by atoms with Gasteiger partial charge < -0.3 is 9.64 Å². The molecule has 164 valence electrons. The van der Waals surface area contributed by atoms with Crippen LogP contribution in [0.1, 0.15) is 49.3 Å². The molecule has 31 heavy (non-hydrogen) atoms. The van der Waals surface area contributed by atoms with Gasteiger partial charge in [0, 0.05) is 21.9 Å². The molecule has 3 rings (SSSR count). The number of carbonyl (C=O) groups is 2. The Morgan fingerprint density at radius 1 is 1.19 bits per heavy atom. The second-order valence-corrected chi connectivity index (χ2v) is 8.68. The normalized spacial score (nSPS) is 22.1. The fourth-order valence-corrected chi connectivity index (χ4v) is 4.87. The fraction of sp³-hybridized carbons (Fsp3) is 0.360. The number of carbonyl (C=O) groups excluding carboxylic acids is 2. The lowest BCUT2D eigenvalue weighted by atomic mass is 9.74. The molecular weight excluding hydrogens is 433 g/mol. The van der Waals surface area contributed by atoms with Crippen LogP contribution in [0.15, 0.2) is 61.2 Å². The number of esters is 1. The number of allylic oxidation sites excluding steroid dienone is 1. The first kappa shape index (κ1) is 23.4. The van der Waals surface area contributed by atoms with Gasteiger partial charge in [-0.25, -0.2) is 4.79 Å². The van der Waals surface area contributed by atoms with Crippen LogP contribution in [0, 0.1) is 5.92 Å². The monoisotopic (exact) mass is 459 g/mol. The van der Waals surface area contributed by atoms with Gasteiger partial charge in [0.2, 0.25) is 5.91 Å². The number of methoxy groups -OCH3 is 1. The number of halogens is 2. The molecule has 0 saturated carbocycles. The number of ether oxygens (including phenoxy) is 1. The second-order valence-electron chi connectivity index (χ2n) is 7.81. The molecule has 1 amide bonds. The maximum Gasteiger partial charge on any atom is 0.328 e. The lowest BCUT2D eigenvalue weighted by Crippen LogP contribution is -2.54. The average Bonchev–Trinajstić information content (AvgIpc) is 2.77. The van der Waals surface area contributed by atoms with Crippen LogP contribution >= 0.6 is 23.2 Å². The van der Waals surface area contributed by atoms with Gasteiger partial charge in [0.1, 0.15) is 6.04 Å². The first-order chi connectivity index (χ1) is 14.9. The van der Waals surface area contributed by atoms with Gasteiger partial charge in [-0.1, -0.05) is 60.5 Å². The smallest absolute Gasteiger partial charge is 0.328 e. The summed E-state index contributed by atoms with van der Waals surface area (Å²) in [5.41, 5.74) is 1.95. The van der Waals surface area contributed by atoms with Crippen LogP contribution < -0.4 is 0 Å². The Morgan fingerprint density at radius 3 is 2.48 bits per heavy atom. The highest BCUT2D eigenvalue weighted by Crippen LogP contribution is 2.47. The number of nitrogens with zero attached hydrogens (tertiary/aromatic N) is 1. The standard InChI is InChI=1S/C25H27Cl2NO3/c1-4-7-18-15-21(17-8-6-9-20(27)14-17)23(16-10-12-19(26)13-11-16)28(24(18)29)22(5-2)25(30)31-3/h4,6,8-14,18,21-23H,1,5,7,15H2,2-3H3/t18-,21-,22?,23-/m1/s1. The van der Waals surface area contributed by atoms with E-state index in [-0.39, 0.29) is 23.8 Å². The van der Waals surface area contributed by atoms with Gasteiger partial charge >= 0.3 is 5.97 Å². The molecule has 4 atom stereocenters. The minimum Gasteiger partial charge on any atom is -0.467 e. The van der Waals surface area contributed by atoms with Crippen molar-refractivity contribution in [2.24, 2.45) is 5.92 Å². The molecule has 1 aliphatic rings. The Kier molecular flexibility index (Phi) is 7.79. The molecule has 0 aliphatic carbocycles. The van der Waals surface area contributed by atoms with E-state index in [0.717, 1.165) is 11.1 Å². The molecule has 0 N–H and O–H groups in total. The average molecular weight is 460 g/mol. The van der Waals surface area contributed by atoms with Crippen molar-refractivity contribution < 1.29 is 14.3 Å². The van der Waals surface area contributed by atoms with Crippen LogP contribution in [0.5, 0.6) is 0 Å². The van der Waals surface area contributed by atoms with Gasteiger partial charge in [0.05, 0.1) is 13.2 Å². The number of benzene rings is 2. The molecule has 1 aliphatic heterocycles. The number of likely N-dealkylation sites (tertiary alicyclic amines) is 1. The van der Waals surface area contributed by atoms with E-state index in [2.05, 4.69) is 6.58 Å². The third-order valence-corrected chi connectivity index (χ3v) is 6.45. The Labute approximate surface area is 193 Å². The number of hydrogen-bond acceptors (Lipinski definition) is 3. The minimum absolute atomic E-state index is 0.0544. The number of amides is 1. The first-order valence-corrected chi connectivity index (χ1v) is 11.2. The van der Waals surface area contributed by atoms with Crippen molar-refractivity contribution in [3.05, 3.63) is 82.4 Å². The van der Waals surface area contributed by atoms with Crippen molar-refractivity contribution in [3.8, 4) is 0 Å². The Bertz CT molecular complexity index is 944. The van der Waals surface area contributed by atoms with E-state index in [9.17, 15) is 9.59 Å². The number of piperidine rings is 1. The highest BCUT2D eigenvalue weighted by molar-refractivity contribution is 6.30. The van der Waals surface area contributed by atoms with E-state index < -0.39 is 12.0 Å². The van der Waals surface area contributed by atoms with Crippen LogP contribution in [0.3, 0.4) is 0 Å².